The van der Waals surface area contributed by atoms with Crippen molar-refractivity contribution in [2.24, 2.45) is 4.99 Å². The molecule has 0 aromatic heterocycles. The van der Waals surface area contributed by atoms with Crippen LogP contribution in [0.4, 0.5) is 8.78 Å². The Morgan fingerprint density at radius 2 is 2.00 bits per heavy atom. The summed E-state index contributed by atoms with van der Waals surface area (Å²) in [6, 6.07) is 11.2. The Morgan fingerprint density at radius 3 is 2.69 bits per heavy atom. The summed E-state index contributed by atoms with van der Waals surface area (Å²) in [6.07, 6.45) is 1.29. The van der Waals surface area contributed by atoms with Gasteiger partial charge in [-0.2, -0.15) is 8.78 Å². The first-order valence-corrected chi connectivity index (χ1v) is 7.76. The van der Waals surface area contributed by atoms with Gasteiger partial charge in [-0.1, -0.05) is 29.8 Å². The van der Waals surface area contributed by atoms with Crippen LogP contribution in [0.5, 0.6) is 11.5 Å². The number of rotatable bonds is 5. The number of halogens is 3. The van der Waals surface area contributed by atoms with E-state index >= 15 is 0 Å². The zero-order valence-electron chi connectivity index (χ0n) is 13.4. The Kier molecular flexibility index (Phi) is 5.18. The Bertz CT molecular complexity index is 912. The molecule has 134 valence electrons. The lowest BCUT2D eigenvalue weighted by Gasteiger charge is -2.12. The number of alkyl halides is 2. The van der Waals surface area contributed by atoms with Crippen LogP contribution in [0.25, 0.3) is 6.08 Å². The number of hydrogen-bond acceptors (Lipinski definition) is 5. The molecule has 0 amide bonds. The van der Waals surface area contributed by atoms with E-state index in [0.29, 0.717) is 10.6 Å². The molecule has 0 saturated heterocycles. The van der Waals surface area contributed by atoms with E-state index < -0.39 is 12.6 Å². The van der Waals surface area contributed by atoms with Crippen LogP contribution in [0.2, 0.25) is 5.02 Å². The summed E-state index contributed by atoms with van der Waals surface area (Å²) >= 11 is 5.92. The van der Waals surface area contributed by atoms with Crippen LogP contribution in [0.3, 0.4) is 0 Å². The highest BCUT2D eigenvalue weighted by Crippen LogP contribution is 2.34. The summed E-state index contributed by atoms with van der Waals surface area (Å²) in [5, 5.41) is 0.457. The molecule has 0 atom stereocenters. The molecule has 0 radical (unpaired) electrons. The zero-order chi connectivity index (χ0) is 18.7. The molecule has 8 heteroatoms. The van der Waals surface area contributed by atoms with Gasteiger partial charge in [0.2, 0.25) is 5.90 Å². The lowest BCUT2D eigenvalue weighted by Crippen LogP contribution is -2.06. The Labute approximate surface area is 152 Å². The Balaban J connectivity index is 2.01. The van der Waals surface area contributed by atoms with Crippen molar-refractivity contribution in [2.45, 2.75) is 6.61 Å². The number of methoxy groups -OCH3 is 1. The molecule has 1 heterocycles. The number of hydrogen-bond donors (Lipinski definition) is 0. The van der Waals surface area contributed by atoms with Gasteiger partial charge in [-0.25, -0.2) is 9.79 Å². The smallest absolute Gasteiger partial charge is 0.387 e. The number of ether oxygens (including phenoxy) is 3. The number of esters is 1. The first kappa shape index (κ1) is 17.9. The standard InChI is InChI=1S/C18H12ClF2NO4/c1-24-14-7-3-4-10(15(14)25-18(20)21)9-13-17(23)26-16(22-13)11-5-2-6-12(19)8-11/h2-9,18H,1H3/b13-9-. The maximum atomic E-state index is 12.7. The van der Waals surface area contributed by atoms with Gasteiger partial charge in [0, 0.05) is 16.1 Å². The van der Waals surface area contributed by atoms with E-state index in [1.807, 2.05) is 0 Å². The number of aliphatic imine (C=N–C) groups is 1. The fraction of sp³-hybridized carbons (Fsp3) is 0.111. The van der Waals surface area contributed by atoms with Gasteiger partial charge in [0.25, 0.3) is 0 Å². The molecule has 0 aliphatic carbocycles. The van der Waals surface area contributed by atoms with Crippen LogP contribution < -0.4 is 9.47 Å². The van der Waals surface area contributed by atoms with Crippen LogP contribution in [-0.2, 0) is 9.53 Å². The topological polar surface area (TPSA) is 57.1 Å². The fourth-order valence-electron chi connectivity index (χ4n) is 2.32. The molecule has 5 nitrogen and oxygen atoms in total. The van der Waals surface area contributed by atoms with Gasteiger partial charge in [-0.05, 0) is 30.3 Å². The van der Waals surface area contributed by atoms with E-state index in [1.165, 1.54) is 25.3 Å². The maximum Gasteiger partial charge on any atom is 0.387 e. The largest absolute Gasteiger partial charge is 0.493 e. The van der Waals surface area contributed by atoms with Crippen LogP contribution in [0.1, 0.15) is 11.1 Å². The summed E-state index contributed by atoms with van der Waals surface area (Å²) in [5.74, 6) is -0.740. The average molecular weight is 380 g/mol. The molecular formula is C18H12ClF2NO4. The molecule has 0 unspecified atom stereocenters. The second-order valence-electron chi connectivity index (χ2n) is 5.10. The number of nitrogens with zero attached hydrogens (tertiary/aromatic N) is 1. The molecule has 0 spiro atoms. The van der Waals surface area contributed by atoms with Gasteiger partial charge < -0.3 is 14.2 Å². The quantitative estimate of drug-likeness (QED) is 0.574. The normalized spacial score (nSPS) is 15.2. The van der Waals surface area contributed by atoms with Crippen molar-refractivity contribution in [1.29, 1.82) is 0 Å². The highest BCUT2D eigenvalue weighted by molar-refractivity contribution is 6.31. The Hall–Kier alpha value is -2.93. The van der Waals surface area contributed by atoms with Crippen molar-refractivity contribution in [1.82, 2.24) is 0 Å². The van der Waals surface area contributed by atoms with Crippen LogP contribution in [0.15, 0.2) is 53.2 Å². The highest BCUT2D eigenvalue weighted by atomic mass is 35.5. The third-order valence-electron chi connectivity index (χ3n) is 3.42. The second-order valence-corrected chi connectivity index (χ2v) is 5.54. The van der Waals surface area contributed by atoms with Crippen molar-refractivity contribution in [2.75, 3.05) is 7.11 Å². The molecule has 3 rings (SSSR count). The predicted molar refractivity (Wildman–Crippen MR) is 91.7 cm³/mol. The van der Waals surface area contributed by atoms with Crippen LogP contribution >= 0.6 is 11.6 Å². The molecule has 0 fully saturated rings. The minimum Gasteiger partial charge on any atom is -0.493 e. The fourth-order valence-corrected chi connectivity index (χ4v) is 2.51. The zero-order valence-corrected chi connectivity index (χ0v) is 14.2. The summed E-state index contributed by atoms with van der Waals surface area (Å²) in [7, 11) is 1.32. The first-order valence-electron chi connectivity index (χ1n) is 7.38. The van der Waals surface area contributed by atoms with Crippen LogP contribution in [0, 0.1) is 0 Å². The molecule has 26 heavy (non-hydrogen) atoms. The minimum absolute atomic E-state index is 0.0626. The first-order chi connectivity index (χ1) is 12.5. The summed E-state index contributed by atoms with van der Waals surface area (Å²) in [6.45, 7) is -3.05. The molecule has 2 aromatic rings. The number of cyclic esters (lactones) is 1. The van der Waals surface area contributed by atoms with E-state index in [2.05, 4.69) is 9.73 Å². The van der Waals surface area contributed by atoms with E-state index in [9.17, 15) is 13.6 Å². The van der Waals surface area contributed by atoms with Crippen molar-refractivity contribution in [3.63, 3.8) is 0 Å². The molecule has 0 bridgehead atoms. The van der Waals surface area contributed by atoms with Gasteiger partial charge in [0.05, 0.1) is 7.11 Å². The molecular weight excluding hydrogens is 368 g/mol. The van der Waals surface area contributed by atoms with Gasteiger partial charge in [0.1, 0.15) is 0 Å². The van der Waals surface area contributed by atoms with E-state index in [1.54, 1.807) is 30.3 Å². The third kappa shape index (κ3) is 3.83. The van der Waals surface area contributed by atoms with Crippen molar-refractivity contribution in [3.8, 4) is 11.5 Å². The molecule has 0 N–H and O–H groups in total. The number of para-hydroxylation sites is 1. The molecule has 0 saturated carbocycles. The lowest BCUT2D eigenvalue weighted by atomic mass is 10.1. The van der Waals surface area contributed by atoms with E-state index in [0.717, 1.165) is 0 Å². The number of carbonyl (C=O) groups is 1. The third-order valence-corrected chi connectivity index (χ3v) is 3.66. The molecule has 1 aliphatic heterocycles. The monoisotopic (exact) mass is 379 g/mol. The maximum absolute atomic E-state index is 12.7. The van der Waals surface area contributed by atoms with Gasteiger partial charge in [-0.15, -0.1) is 0 Å². The minimum atomic E-state index is -3.05. The van der Waals surface area contributed by atoms with E-state index in [4.69, 9.17) is 21.1 Å². The van der Waals surface area contributed by atoms with Gasteiger partial charge in [0.15, 0.2) is 17.2 Å². The number of benzene rings is 2. The second kappa shape index (κ2) is 7.53. The van der Waals surface area contributed by atoms with E-state index in [-0.39, 0.29) is 28.7 Å². The average Bonchev–Trinajstić information content (AvgIpc) is 2.97. The van der Waals surface area contributed by atoms with Crippen LogP contribution in [-0.4, -0.2) is 25.6 Å². The summed E-state index contributed by atoms with van der Waals surface area (Å²) in [5.41, 5.74) is 0.656. The highest BCUT2D eigenvalue weighted by Gasteiger charge is 2.25. The summed E-state index contributed by atoms with van der Waals surface area (Å²) in [4.78, 5) is 16.2. The SMILES string of the molecule is COc1cccc(/C=C2\N=C(c3cccc(Cl)c3)OC2=O)c1OC(F)F. The van der Waals surface area contributed by atoms with Crippen molar-refractivity contribution < 1.29 is 27.8 Å². The van der Waals surface area contributed by atoms with Crippen molar-refractivity contribution >= 4 is 29.5 Å². The predicted octanol–water partition coefficient (Wildman–Crippen LogP) is 4.29. The summed E-state index contributed by atoms with van der Waals surface area (Å²) < 4.78 is 40.1. The molecule has 2 aromatic carbocycles. The lowest BCUT2D eigenvalue weighted by molar-refractivity contribution is -0.129. The van der Waals surface area contributed by atoms with Crippen molar-refractivity contribution in [3.05, 3.63) is 64.3 Å². The van der Waals surface area contributed by atoms with Gasteiger partial charge in [-0.3, -0.25) is 0 Å². The number of carbonyl (C=O) groups excluding carboxylic acids is 1. The van der Waals surface area contributed by atoms with Gasteiger partial charge >= 0.3 is 12.6 Å². The Morgan fingerprint density at radius 1 is 1.23 bits per heavy atom. The molecule has 1 aliphatic rings.